The number of nitrogens with one attached hydrogen (secondary N) is 1. The van der Waals surface area contributed by atoms with Crippen LogP contribution in [0, 0.1) is 0 Å². The third kappa shape index (κ3) is 4.80. The third-order valence-corrected chi connectivity index (χ3v) is 5.47. The first-order valence-corrected chi connectivity index (χ1v) is 10.5. The highest BCUT2D eigenvalue weighted by Crippen LogP contribution is 2.31. The molecule has 0 atom stereocenters. The molecule has 3 aromatic rings. The normalized spacial score (nSPS) is 14.3. The van der Waals surface area contributed by atoms with Gasteiger partial charge in [-0.15, -0.1) is 0 Å². The molecule has 0 saturated carbocycles. The minimum atomic E-state index is -0.287. The molecule has 164 valence electrons. The van der Waals surface area contributed by atoms with Gasteiger partial charge in [-0.05, 0) is 62.2 Å². The summed E-state index contributed by atoms with van der Waals surface area (Å²) in [5, 5.41) is 2.80. The second-order valence-corrected chi connectivity index (χ2v) is 8.51. The summed E-state index contributed by atoms with van der Waals surface area (Å²) in [7, 11) is 1.62. The molecule has 1 aliphatic heterocycles. The first kappa shape index (κ1) is 21.6. The van der Waals surface area contributed by atoms with E-state index in [1.807, 2.05) is 18.2 Å². The third-order valence-electron chi connectivity index (χ3n) is 5.47. The summed E-state index contributed by atoms with van der Waals surface area (Å²) in [6, 6.07) is 16.2. The number of hydrogen-bond acceptors (Lipinski definition) is 5. The second kappa shape index (κ2) is 8.83. The molecule has 2 heterocycles. The number of furan rings is 1. The summed E-state index contributed by atoms with van der Waals surface area (Å²) in [4.78, 5) is 30.5. The molecule has 0 radical (unpaired) electrons. The standard InChI is InChI=1S/C26H26N2O4/c1-26(2)15-19-9-10-20(31-3)13-22(19)23(28-26)14-24(29)17-6-4-7-18(12-17)25(30)27-16-21-8-5-11-32-21/h4-13H,14-16H2,1-3H3,(H,27,30). The zero-order valence-corrected chi connectivity index (χ0v) is 18.5. The van der Waals surface area contributed by atoms with Crippen molar-refractivity contribution in [3.05, 3.63) is 88.9 Å². The van der Waals surface area contributed by atoms with Gasteiger partial charge in [0.05, 0.1) is 37.6 Å². The van der Waals surface area contributed by atoms with Crippen LogP contribution in [-0.4, -0.2) is 30.1 Å². The number of nitrogens with zero attached hydrogens (tertiary/aromatic N) is 1. The van der Waals surface area contributed by atoms with Gasteiger partial charge in [0.25, 0.3) is 5.91 Å². The molecule has 4 rings (SSSR count). The van der Waals surface area contributed by atoms with E-state index >= 15 is 0 Å². The summed E-state index contributed by atoms with van der Waals surface area (Å²) in [5.41, 5.74) is 3.46. The Hall–Kier alpha value is -3.67. The van der Waals surface area contributed by atoms with Crippen molar-refractivity contribution in [3.63, 3.8) is 0 Å². The molecule has 1 N–H and O–H groups in total. The van der Waals surface area contributed by atoms with E-state index in [9.17, 15) is 9.59 Å². The van der Waals surface area contributed by atoms with Gasteiger partial charge in [0.15, 0.2) is 5.78 Å². The number of carbonyl (C=O) groups excluding carboxylic acids is 2. The van der Waals surface area contributed by atoms with Crippen molar-refractivity contribution in [2.24, 2.45) is 4.99 Å². The zero-order chi connectivity index (χ0) is 22.7. The SMILES string of the molecule is COc1ccc2c(c1)C(CC(=O)c1cccc(C(=O)NCc3ccco3)c1)=NC(C)(C)C2. The predicted octanol–water partition coefficient (Wildman–Crippen LogP) is 4.62. The Morgan fingerprint density at radius 1 is 1.09 bits per heavy atom. The van der Waals surface area contributed by atoms with Gasteiger partial charge in [-0.25, -0.2) is 0 Å². The lowest BCUT2D eigenvalue weighted by molar-refractivity contribution is 0.0948. The average Bonchev–Trinajstić information content (AvgIpc) is 3.30. The van der Waals surface area contributed by atoms with Gasteiger partial charge in [0.1, 0.15) is 11.5 Å². The number of ketones is 1. The van der Waals surface area contributed by atoms with Crippen LogP contribution in [0.1, 0.15) is 57.9 Å². The van der Waals surface area contributed by atoms with Gasteiger partial charge in [0.2, 0.25) is 0 Å². The monoisotopic (exact) mass is 430 g/mol. The molecule has 0 unspecified atom stereocenters. The van der Waals surface area contributed by atoms with Gasteiger partial charge < -0.3 is 14.5 Å². The van der Waals surface area contributed by atoms with Crippen molar-refractivity contribution in [3.8, 4) is 5.75 Å². The Bertz CT molecular complexity index is 1180. The van der Waals surface area contributed by atoms with Crippen LogP contribution in [-0.2, 0) is 13.0 Å². The van der Waals surface area contributed by atoms with Crippen LogP contribution in [0.25, 0.3) is 0 Å². The van der Waals surface area contributed by atoms with E-state index in [2.05, 4.69) is 19.2 Å². The lowest BCUT2D eigenvalue weighted by Gasteiger charge is -2.29. The number of Topliss-reactive ketones (excluding diaryl/α,β-unsaturated/α-hetero) is 1. The highest BCUT2D eigenvalue weighted by atomic mass is 16.5. The maximum absolute atomic E-state index is 13.1. The largest absolute Gasteiger partial charge is 0.497 e. The minimum absolute atomic E-state index is 0.0871. The fraction of sp³-hybridized carbons (Fsp3) is 0.269. The molecule has 0 bridgehead atoms. The number of ether oxygens (including phenoxy) is 1. The van der Waals surface area contributed by atoms with Crippen LogP contribution >= 0.6 is 0 Å². The topological polar surface area (TPSA) is 80.9 Å². The Morgan fingerprint density at radius 2 is 1.91 bits per heavy atom. The molecule has 6 heteroatoms. The van der Waals surface area contributed by atoms with Crippen LogP contribution in [0.4, 0.5) is 0 Å². The summed E-state index contributed by atoms with van der Waals surface area (Å²) in [6.45, 7) is 4.41. The lowest BCUT2D eigenvalue weighted by Crippen LogP contribution is -2.30. The Balaban J connectivity index is 1.53. The first-order valence-electron chi connectivity index (χ1n) is 10.5. The Labute approximate surface area is 187 Å². The summed E-state index contributed by atoms with van der Waals surface area (Å²) in [6.07, 6.45) is 2.51. The molecule has 1 amide bonds. The highest BCUT2D eigenvalue weighted by molar-refractivity contribution is 6.17. The van der Waals surface area contributed by atoms with E-state index in [0.717, 1.165) is 29.0 Å². The number of amides is 1. The molecule has 1 aliphatic rings. The first-order chi connectivity index (χ1) is 15.3. The van der Waals surface area contributed by atoms with Gasteiger partial charge in [-0.3, -0.25) is 14.6 Å². The number of carbonyl (C=O) groups is 2. The summed E-state index contributed by atoms with van der Waals surface area (Å²) >= 11 is 0. The van der Waals surface area contributed by atoms with E-state index in [-0.39, 0.29) is 30.2 Å². The van der Waals surface area contributed by atoms with Crippen molar-refractivity contribution < 1.29 is 18.7 Å². The maximum atomic E-state index is 13.1. The maximum Gasteiger partial charge on any atom is 0.251 e. The Morgan fingerprint density at radius 3 is 2.66 bits per heavy atom. The smallest absolute Gasteiger partial charge is 0.251 e. The molecular formula is C26H26N2O4. The lowest BCUT2D eigenvalue weighted by atomic mass is 9.85. The molecular weight excluding hydrogens is 404 g/mol. The number of fused-ring (bicyclic) bond motifs is 1. The number of aliphatic imine (C=N–C) groups is 1. The van der Waals surface area contributed by atoms with Gasteiger partial charge in [0, 0.05) is 16.7 Å². The van der Waals surface area contributed by atoms with Crippen molar-refractivity contribution in [1.82, 2.24) is 5.32 Å². The van der Waals surface area contributed by atoms with Crippen LogP contribution in [0.3, 0.4) is 0 Å². The second-order valence-electron chi connectivity index (χ2n) is 8.51. The Kier molecular flexibility index (Phi) is 5.95. The predicted molar refractivity (Wildman–Crippen MR) is 123 cm³/mol. The van der Waals surface area contributed by atoms with Gasteiger partial charge >= 0.3 is 0 Å². The van der Waals surface area contributed by atoms with Crippen LogP contribution in [0.2, 0.25) is 0 Å². The average molecular weight is 431 g/mol. The highest BCUT2D eigenvalue weighted by Gasteiger charge is 2.28. The van der Waals surface area contributed by atoms with Crippen molar-refractivity contribution in [1.29, 1.82) is 0 Å². The fourth-order valence-corrected chi connectivity index (χ4v) is 3.94. The molecule has 6 nitrogen and oxygen atoms in total. The van der Waals surface area contributed by atoms with Crippen molar-refractivity contribution in [2.45, 2.75) is 38.8 Å². The summed E-state index contributed by atoms with van der Waals surface area (Å²) in [5.74, 6) is 1.05. The number of benzene rings is 2. The van der Waals surface area contributed by atoms with Crippen LogP contribution < -0.4 is 10.1 Å². The minimum Gasteiger partial charge on any atom is -0.497 e. The molecule has 0 aliphatic carbocycles. The van der Waals surface area contributed by atoms with E-state index < -0.39 is 0 Å². The quantitative estimate of drug-likeness (QED) is 0.555. The number of hydrogen-bond donors (Lipinski definition) is 1. The molecule has 0 fully saturated rings. The zero-order valence-electron chi connectivity index (χ0n) is 18.5. The number of methoxy groups -OCH3 is 1. The van der Waals surface area contributed by atoms with Crippen LogP contribution in [0.15, 0.2) is 70.3 Å². The van der Waals surface area contributed by atoms with Gasteiger partial charge in [-0.2, -0.15) is 0 Å². The van der Waals surface area contributed by atoms with Crippen molar-refractivity contribution in [2.75, 3.05) is 7.11 Å². The van der Waals surface area contributed by atoms with Crippen molar-refractivity contribution >= 4 is 17.4 Å². The molecule has 32 heavy (non-hydrogen) atoms. The van der Waals surface area contributed by atoms with E-state index in [1.165, 1.54) is 0 Å². The van der Waals surface area contributed by atoms with E-state index in [1.54, 1.807) is 49.8 Å². The van der Waals surface area contributed by atoms with E-state index in [0.29, 0.717) is 16.9 Å². The number of rotatable bonds is 7. The molecule has 1 aromatic heterocycles. The van der Waals surface area contributed by atoms with Gasteiger partial charge in [-0.1, -0.05) is 18.2 Å². The van der Waals surface area contributed by atoms with E-state index in [4.69, 9.17) is 14.1 Å². The van der Waals surface area contributed by atoms with Crippen LogP contribution in [0.5, 0.6) is 5.75 Å². The fourth-order valence-electron chi connectivity index (χ4n) is 3.94. The molecule has 0 spiro atoms. The molecule has 2 aromatic carbocycles. The summed E-state index contributed by atoms with van der Waals surface area (Å²) < 4.78 is 10.6. The molecule has 0 saturated heterocycles.